The fourth-order valence-corrected chi connectivity index (χ4v) is 1.34. The number of carbonyl (C=O) groups excluding carboxylic acids is 2. The van der Waals surface area contributed by atoms with Crippen LogP contribution in [0.4, 0.5) is 4.79 Å². The zero-order chi connectivity index (χ0) is 16.5. The number of rotatable bonds is 8. The van der Waals surface area contributed by atoms with Gasteiger partial charge in [0.2, 0.25) is 0 Å². The van der Waals surface area contributed by atoms with E-state index in [2.05, 4.69) is 10.2 Å². The van der Waals surface area contributed by atoms with Gasteiger partial charge in [0.1, 0.15) is 24.9 Å². The first-order valence-corrected chi connectivity index (χ1v) is 6.59. The molecule has 0 aromatic rings. The molecular weight excluding hydrogens is 284 g/mol. The Kier molecular flexibility index (Phi) is 8.10. The Morgan fingerprint density at radius 2 is 1.90 bits per heavy atom. The monoisotopic (exact) mass is 306 g/mol. The maximum absolute atomic E-state index is 11.8. The first kappa shape index (κ1) is 18.9. The van der Waals surface area contributed by atoms with Crippen molar-refractivity contribution in [2.45, 2.75) is 52.2 Å². The fraction of sp³-hybridized carbons (Fsp3) is 0.833. The van der Waals surface area contributed by atoms with Gasteiger partial charge in [-0.3, -0.25) is 0 Å². The molecule has 21 heavy (non-hydrogen) atoms. The topological polar surface area (TPSA) is 117 Å². The Bertz CT molecular complexity index is 365. The van der Waals surface area contributed by atoms with E-state index in [-0.39, 0.29) is 13.2 Å². The number of amides is 1. The summed E-state index contributed by atoms with van der Waals surface area (Å²) < 4.78 is 9.85. The van der Waals surface area contributed by atoms with E-state index < -0.39 is 28.8 Å². The molecule has 9 nitrogen and oxygen atoms in total. The predicted molar refractivity (Wildman–Crippen MR) is 72.0 cm³/mol. The number of nitrogens with one attached hydrogen (secondary N) is 1. The van der Waals surface area contributed by atoms with Crippen LogP contribution in [-0.2, 0) is 19.1 Å². The Hall–Kier alpha value is -2.06. The van der Waals surface area contributed by atoms with Crippen molar-refractivity contribution in [2.75, 3.05) is 13.2 Å². The zero-order valence-electron chi connectivity index (χ0n) is 12.7. The van der Waals surface area contributed by atoms with Gasteiger partial charge in [-0.05, 0) is 27.2 Å². The third-order valence-electron chi connectivity index (χ3n) is 2.08. The number of alkyl carbamates (subject to hydrolysis) is 1. The molecule has 0 fully saturated rings. The maximum Gasteiger partial charge on any atom is 0.408 e. The summed E-state index contributed by atoms with van der Waals surface area (Å²) in [6, 6.07) is -0.861. The second kappa shape index (κ2) is 8.98. The summed E-state index contributed by atoms with van der Waals surface area (Å²) >= 11 is 0. The van der Waals surface area contributed by atoms with E-state index in [9.17, 15) is 19.7 Å². The number of hydrogen-bond acceptors (Lipinski definition) is 7. The minimum atomic E-state index is -0.976. The van der Waals surface area contributed by atoms with Gasteiger partial charge in [-0.25, -0.2) is 9.59 Å². The van der Waals surface area contributed by atoms with Gasteiger partial charge >= 0.3 is 12.1 Å². The summed E-state index contributed by atoms with van der Waals surface area (Å²) in [5, 5.41) is 11.4. The van der Waals surface area contributed by atoms with E-state index in [1.165, 1.54) is 0 Å². The smallest absolute Gasteiger partial charge is 0.408 e. The average Bonchev–Trinajstić information content (AvgIpc) is 2.31. The van der Waals surface area contributed by atoms with Crippen LogP contribution in [0.25, 0.3) is 0 Å². The Morgan fingerprint density at radius 1 is 1.29 bits per heavy atom. The Morgan fingerprint density at radius 3 is 2.38 bits per heavy atom. The van der Waals surface area contributed by atoms with E-state index in [1.807, 2.05) is 6.92 Å². The third-order valence-corrected chi connectivity index (χ3v) is 2.08. The molecule has 0 aromatic heterocycles. The van der Waals surface area contributed by atoms with Gasteiger partial charge in [0.15, 0.2) is 0 Å². The Labute approximate surface area is 123 Å². The van der Waals surface area contributed by atoms with Crippen LogP contribution >= 0.6 is 0 Å². The van der Waals surface area contributed by atoms with Crippen LogP contribution in [0.15, 0.2) is 0 Å². The molecule has 0 rings (SSSR count). The number of carbonyl (C=O) groups is 2. The molecule has 0 heterocycles. The lowest BCUT2D eigenvalue weighted by atomic mass is 10.1. The van der Waals surface area contributed by atoms with Crippen molar-refractivity contribution in [2.24, 2.45) is 0 Å². The predicted octanol–water partition coefficient (Wildman–Crippen LogP) is 1.43. The lowest BCUT2D eigenvalue weighted by Crippen LogP contribution is -2.44. The van der Waals surface area contributed by atoms with Crippen LogP contribution in [0.3, 0.4) is 0 Å². The first-order chi connectivity index (χ1) is 9.65. The minimum Gasteiger partial charge on any atom is -0.462 e. The van der Waals surface area contributed by atoms with Gasteiger partial charge in [0, 0.05) is 0 Å². The minimum absolute atomic E-state index is 0.268. The molecule has 0 radical (unpaired) electrons. The molecule has 1 amide bonds. The molecule has 0 bridgehead atoms. The highest BCUT2D eigenvalue weighted by Crippen LogP contribution is 2.08. The van der Waals surface area contributed by atoms with Gasteiger partial charge in [0.05, 0.1) is 0 Å². The number of esters is 1. The first-order valence-electron chi connectivity index (χ1n) is 6.59. The van der Waals surface area contributed by atoms with Gasteiger partial charge in [-0.2, -0.15) is 0 Å². The van der Waals surface area contributed by atoms with Gasteiger partial charge in [-0.15, -0.1) is 10.1 Å². The van der Waals surface area contributed by atoms with Crippen molar-refractivity contribution in [1.82, 2.24) is 5.32 Å². The van der Waals surface area contributed by atoms with E-state index >= 15 is 0 Å². The molecule has 1 unspecified atom stereocenters. The molecule has 0 aromatic carbocycles. The highest BCUT2D eigenvalue weighted by atomic mass is 17.0. The summed E-state index contributed by atoms with van der Waals surface area (Å²) in [4.78, 5) is 37.3. The van der Waals surface area contributed by atoms with Crippen molar-refractivity contribution < 1.29 is 29.0 Å². The highest BCUT2D eigenvalue weighted by molar-refractivity contribution is 5.81. The van der Waals surface area contributed by atoms with Crippen LogP contribution in [0.1, 0.15) is 40.5 Å². The fourth-order valence-electron chi connectivity index (χ4n) is 1.34. The lowest BCUT2D eigenvalue weighted by Gasteiger charge is -2.22. The van der Waals surface area contributed by atoms with Gasteiger partial charge < -0.3 is 19.6 Å². The van der Waals surface area contributed by atoms with Crippen LogP contribution < -0.4 is 5.32 Å². The van der Waals surface area contributed by atoms with Crippen LogP contribution in [0.5, 0.6) is 0 Å². The third kappa shape index (κ3) is 10.4. The summed E-state index contributed by atoms with van der Waals surface area (Å²) in [6.07, 6.45) is 0.286. The lowest BCUT2D eigenvalue weighted by molar-refractivity contribution is -0.757. The van der Waals surface area contributed by atoms with Gasteiger partial charge in [-0.1, -0.05) is 13.3 Å². The molecule has 122 valence electrons. The van der Waals surface area contributed by atoms with Gasteiger partial charge in [0.25, 0.3) is 5.09 Å². The van der Waals surface area contributed by atoms with Crippen LogP contribution in [-0.4, -0.2) is 42.0 Å². The molecule has 9 heteroatoms. The molecule has 0 saturated heterocycles. The standard InChI is InChI=1S/C12H22N2O7/c1-5-6-9(13-11(16)21-12(2,3)4)10(15)19-7-8-20-14(17)18/h9H,5-8H2,1-4H3,(H,13,16). The van der Waals surface area contributed by atoms with Crippen molar-refractivity contribution in [3.05, 3.63) is 10.1 Å². The van der Waals surface area contributed by atoms with E-state index in [0.717, 1.165) is 0 Å². The SMILES string of the molecule is CCCC(NC(=O)OC(C)(C)C)C(=O)OCCO[N+](=O)[O-]. The molecule has 0 aliphatic rings. The maximum atomic E-state index is 11.8. The summed E-state index contributed by atoms with van der Waals surface area (Å²) in [6.45, 7) is 6.32. The van der Waals surface area contributed by atoms with Crippen molar-refractivity contribution >= 4 is 12.1 Å². The summed E-state index contributed by atoms with van der Waals surface area (Å²) in [7, 11) is 0. The van der Waals surface area contributed by atoms with E-state index in [1.54, 1.807) is 20.8 Å². The number of nitrogens with zero attached hydrogens (tertiary/aromatic N) is 1. The zero-order valence-corrected chi connectivity index (χ0v) is 12.7. The number of ether oxygens (including phenoxy) is 2. The summed E-state index contributed by atoms with van der Waals surface area (Å²) in [5.41, 5.74) is -0.676. The van der Waals surface area contributed by atoms with E-state index in [0.29, 0.717) is 12.8 Å². The average molecular weight is 306 g/mol. The second-order valence-corrected chi connectivity index (χ2v) is 5.21. The molecule has 0 saturated carbocycles. The molecule has 0 spiro atoms. The van der Waals surface area contributed by atoms with E-state index in [4.69, 9.17) is 9.47 Å². The second-order valence-electron chi connectivity index (χ2n) is 5.21. The molecule has 0 aliphatic carbocycles. The molecule has 1 N–H and O–H groups in total. The summed E-state index contributed by atoms with van der Waals surface area (Å²) in [5.74, 6) is -0.686. The van der Waals surface area contributed by atoms with Crippen molar-refractivity contribution in [1.29, 1.82) is 0 Å². The Balaban J connectivity index is 4.29. The largest absolute Gasteiger partial charge is 0.462 e. The molecular formula is C12H22N2O7. The number of hydrogen-bond donors (Lipinski definition) is 1. The molecule has 0 aliphatic heterocycles. The van der Waals surface area contributed by atoms with Crippen LogP contribution in [0, 0.1) is 10.1 Å². The molecule has 1 atom stereocenters. The van der Waals surface area contributed by atoms with Crippen LogP contribution in [0.2, 0.25) is 0 Å². The highest BCUT2D eigenvalue weighted by Gasteiger charge is 2.24. The van der Waals surface area contributed by atoms with Crippen molar-refractivity contribution in [3.63, 3.8) is 0 Å². The quantitative estimate of drug-likeness (QED) is 0.312. The normalized spacial score (nSPS) is 12.2. The van der Waals surface area contributed by atoms with Crippen molar-refractivity contribution in [3.8, 4) is 0 Å².